The predicted octanol–water partition coefficient (Wildman–Crippen LogP) is 2.62. The minimum atomic E-state index is -3.70. The third-order valence-corrected chi connectivity index (χ3v) is 4.81. The van der Waals surface area contributed by atoms with E-state index in [1.54, 1.807) is 29.8 Å². The molecule has 8 nitrogen and oxygen atoms in total. The average molecular weight is 347 g/mol. The summed E-state index contributed by atoms with van der Waals surface area (Å²) in [6.45, 7) is 5.66. The number of hydrogen-bond acceptors (Lipinski definition) is 6. The first kappa shape index (κ1) is 16.2. The van der Waals surface area contributed by atoms with Crippen LogP contribution < -0.4 is 4.72 Å². The van der Waals surface area contributed by atoms with Crippen LogP contribution in [0.3, 0.4) is 0 Å². The van der Waals surface area contributed by atoms with Crippen LogP contribution in [-0.4, -0.2) is 28.4 Å². The van der Waals surface area contributed by atoms with Gasteiger partial charge in [-0.3, -0.25) is 9.40 Å². The molecule has 3 rings (SSSR count). The predicted molar refractivity (Wildman–Crippen MR) is 87.9 cm³/mol. The van der Waals surface area contributed by atoms with Gasteiger partial charge in [0.05, 0.1) is 11.9 Å². The van der Waals surface area contributed by atoms with Crippen LogP contribution in [0, 0.1) is 6.92 Å². The van der Waals surface area contributed by atoms with Gasteiger partial charge >= 0.3 is 0 Å². The van der Waals surface area contributed by atoms with Gasteiger partial charge in [-0.15, -0.1) is 10.2 Å². The van der Waals surface area contributed by atoms with Crippen LogP contribution in [0.4, 0.5) is 5.69 Å². The molecule has 0 atom stereocenters. The third-order valence-electron chi connectivity index (χ3n) is 3.49. The van der Waals surface area contributed by atoms with E-state index >= 15 is 0 Å². The van der Waals surface area contributed by atoms with Gasteiger partial charge in [0.25, 0.3) is 10.0 Å². The van der Waals surface area contributed by atoms with E-state index in [1.807, 2.05) is 13.8 Å². The summed E-state index contributed by atoms with van der Waals surface area (Å²) in [7, 11) is -3.70. The van der Waals surface area contributed by atoms with E-state index in [1.165, 1.54) is 18.8 Å². The molecule has 0 amide bonds. The van der Waals surface area contributed by atoms with Crippen molar-refractivity contribution in [1.29, 1.82) is 0 Å². The average Bonchev–Trinajstić information content (AvgIpc) is 3.20. The highest BCUT2D eigenvalue weighted by atomic mass is 32.2. The first-order valence-electron chi connectivity index (χ1n) is 7.31. The van der Waals surface area contributed by atoms with Gasteiger partial charge in [-0.1, -0.05) is 0 Å². The number of nitrogens with one attached hydrogen (secondary N) is 1. The zero-order valence-corrected chi connectivity index (χ0v) is 14.3. The second-order valence-corrected chi connectivity index (χ2v) is 7.31. The Morgan fingerprint density at radius 1 is 1.29 bits per heavy atom. The number of aromatic nitrogens is 4. The quantitative estimate of drug-likeness (QED) is 0.761. The molecule has 0 spiro atoms. The maximum absolute atomic E-state index is 12.5. The molecule has 0 saturated heterocycles. The van der Waals surface area contributed by atoms with Crippen LogP contribution >= 0.6 is 0 Å². The molecule has 0 unspecified atom stereocenters. The Bertz CT molecular complexity index is 945. The summed E-state index contributed by atoms with van der Waals surface area (Å²) in [6.07, 6.45) is 4.09. The van der Waals surface area contributed by atoms with Crippen LogP contribution in [0.5, 0.6) is 0 Å². The molecular formula is C15H17N5O3S. The van der Waals surface area contributed by atoms with Gasteiger partial charge in [0, 0.05) is 17.8 Å². The lowest BCUT2D eigenvalue weighted by atomic mass is 10.1. The fourth-order valence-corrected chi connectivity index (χ4v) is 3.22. The third kappa shape index (κ3) is 3.16. The zero-order chi connectivity index (χ0) is 17.3. The van der Waals surface area contributed by atoms with Crippen molar-refractivity contribution in [2.45, 2.75) is 31.7 Å². The van der Waals surface area contributed by atoms with Gasteiger partial charge in [-0.25, -0.2) is 8.42 Å². The molecule has 2 heterocycles. The van der Waals surface area contributed by atoms with Gasteiger partial charge in [-0.2, -0.15) is 5.10 Å². The Labute approximate surface area is 139 Å². The molecule has 0 saturated carbocycles. The maximum Gasteiger partial charge on any atom is 0.265 e. The van der Waals surface area contributed by atoms with Crippen molar-refractivity contribution < 1.29 is 12.8 Å². The van der Waals surface area contributed by atoms with E-state index in [4.69, 9.17) is 4.42 Å². The highest BCUT2D eigenvalue weighted by Crippen LogP contribution is 2.25. The summed E-state index contributed by atoms with van der Waals surface area (Å²) in [5.41, 5.74) is 1.95. The standard InChI is InChI=1S/C15H17N5O3S/c1-10(2)20-8-13(7-17-20)24(21,22)19-14-5-4-12(6-11(14)3)15-18-16-9-23-15/h4-10,19H,1-3H3. The van der Waals surface area contributed by atoms with Crippen molar-refractivity contribution in [1.82, 2.24) is 20.0 Å². The summed E-state index contributed by atoms with van der Waals surface area (Å²) in [5, 5.41) is 11.5. The molecule has 0 aliphatic carbocycles. The second kappa shape index (κ2) is 6.08. The van der Waals surface area contributed by atoms with Gasteiger partial charge in [0.15, 0.2) is 0 Å². The maximum atomic E-state index is 12.5. The molecule has 1 aromatic carbocycles. The number of aryl methyl sites for hydroxylation is 1. The number of nitrogens with zero attached hydrogens (tertiary/aromatic N) is 4. The lowest BCUT2D eigenvalue weighted by molar-refractivity contribution is 0.531. The zero-order valence-electron chi connectivity index (χ0n) is 13.5. The fraction of sp³-hybridized carbons (Fsp3) is 0.267. The van der Waals surface area contributed by atoms with Gasteiger partial charge in [0.1, 0.15) is 4.90 Å². The number of anilines is 1. The Morgan fingerprint density at radius 3 is 2.67 bits per heavy atom. The lowest BCUT2D eigenvalue weighted by Crippen LogP contribution is -2.13. The van der Waals surface area contributed by atoms with Gasteiger partial charge in [0.2, 0.25) is 12.3 Å². The van der Waals surface area contributed by atoms with Crippen LogP contribution in [-0.2, 0) is 10.0 Å². The summed E-state index contributed by atoms with van der Waals surface area (Å²) in [5.74, 6) is 0.380. The normalized spacial score (nSPS) is 11.8. The number of rotatable bonds is 5. The molecule has 0 aliphatic rings. The van der Waals surface area contributed by atoms with E-state index < -0.39 is 10.0 Å². The molecule has 0 aliphatic heterocycles. The summed E-state index contributed by atoms with van der Waals surface area (Å²) in [4.78, 5) is 0.122. The Kier molecular flexibility index (Phi) is 4.10. The van der Waals surface area contributed by atoms with E-state index in [2.05, 4.69) is 20.0 Å². The molecule has 24 heavy (non-hydrogen) atoms. The molecule has 1 N–H and O–H groups in total. The minimum absolute atomic E-state index is 0.0874. The van der Waals surface area contributed by atoms with E-state index in [-0.39, 0.29) is 10.9 Å². The smallest absolute Gasteiger partial charge is 0.265 e. The van der Waals surface area contributed by atoms with Gasteiger partial charge < -0.3 is 4.42 Å². The summed E-state index contributed by atoms with van der Waals surface area (Å²) >= 11 is 0. The number of sulfonamides is 1. The van der Waals surface area contributed by atoms with Crippen molar-refractivity contribution >= 4 is 15.7 Å². The molecule has 126 valence electrons. The van der Waals surface area contributed by atoms with Gasteiger partial charge in [-0.05, 0) is 44.5 Å². The Morgan fingerprint density at radius 2 is 2.08 bits per heavy atom. The molecule has 0 fully saturated rings. The number of benzene rings is 1. The largest absolute Gasteiger partial charge is 0.423 e. The van der Waals surface area contributed by atoms with Crippen molar-refractivity contribution in [2.75, 3.05) is 4.72 Å². The van der Waals surface area contributed by atoms with E-state index in [9.17, 15) is 8.42 Å². The van der Waals surface area contributed by atoms with Crippen LogP contribution in [0.2, 0.25) is 0 Å². The van der Waals surface area contributed by atoms with E-state index in [0.717, 1.165) is 11.1 Å². The molecule has 3 aromatic rings. The topological polar surface area (TPSA) is 103 Å². The Hall–Kier alpha value is -2.68. The van der Waals surface area contributed by atoms with E-state index in [0.29, 0.717) is 11.6 Å². The molecule has 0 bridgehead atoms. The lowest BCUT2D eigenvalue weighted by Gasteiger charge is -2.10. The molecule has 9 heteroatoms. The molecule has 0 radical (unpaired) electrons. The SMILES string of the molecule is Cc1cc(-c2nnco2)ccc1NS(=O)(=O)c1cnn(C(C)C)c1. The van der Waals surface area contributed by atoms with Crippen molar-refractivity contribution in [2.24, 2.45) is 0 Å². The van der Waals surface area contributed by atoms with Crippen LogP contribution in [0.1, 0.15) is 25.5 Å². The van der Waals surface area contributed by atoms with Crippen molar-refractivity contribution in [3.63, 3.8) is 0 Å². The highest BCUT2D eigenvalue weighted by Gasteiger charge is 2.18. The monoisotopic (exact) mass is 347 g/mol. The first-order chi connectivity index (χ1) is 11.4. The number of hydrogen-bond donors (Lipinski definition) is 1. The van der Waals surface area contributed by atoms with Crippen LogP contribution in [0.15, 0.2) is 46.3 Å². The highest BCUT2D eigenvalue weighted by molar-refractivity contribution is 7.92. The molecule has 2 aromatic heterocycles. The fourth-order valence-electron chi connectivity index (χ4n) is 2.16. The van der Waals surface area contributed by atoms with Crippen LogP contribution in [0.25, 0.3) is 11.5 Å². The Balaban J connectivity index is 1.87. The summed E-state index contributed by atoms with van der Waals surface area (Å²) in [6, 6.07) is 5.25. The summed E-state index contributed by atoms with van der Waals surface area (Å²) < 4.78 is 34.3. The second-order valence-electron chi connectivity index (χ2n) is 5.63. The first-order valence-corrected chi connectivity index (χ1v) is 8.79. The molecular weight excluding hydrogens is 330 g/mol. The van der Waals surface area contributed by atoms with Crippen molar-refractivity contribution in [3.05, 3.63) is 42.5 Å². The van der Waals surface area contributed by atoms with Crippen molar-refractivity contribution in [3.8, 4) is 11.5 Å². The minimum Gasteiger partial charge on any atom is -0.423 e.